The van der Waals surface area contributed by atoms with Crippen molar-refractivity contribution in [1.82, 2.24) is 10.6 Å². The highest BCUT2D eigenvalue weighted by atomic mass is 16.2. The molecule has 0 aliphatic heterocycles. The first-order chi connectivity index (χ1) is 15.4. The smallest absolute Gasteiger partial charge is 0.251 e. The van der Waals surface area contributed by atoms with Gasteiger partial charge in [-0.25, -0.2) is 0 Å². The summed E-state index contributed by atoms with van der Waals surface area (Å²) in [5.41, 5.74) is 6.79. The highest BCUT2D eigenvalue weighted by Gasteiger charge is 2.32. The van der Waals surface area contributed by atoms with Gasteiger partial charge in [0.15, 0.2) is 5.78 Å². The van der Waals surface area contributed by atoms with Gasteiger partial charge >= 0.3 is 0 Å². The number of hydrogen-bond donors (Lipinski definition) is 3. The molecule has 1 aliphatic rings. The number of benzene rings is 2. The Balaban J connectivity index is 1.60. The molecular weight excluding hydrogens is 406 g/mol. The molecule has 0 unspecified atom stereocenters. The molecule has 3 rings (SSSR count). The van der Waals surface area contributed by atoms with Gasteiger partial charge < -0.3 is 16.4 Å². The van der Waals surface area contributed by atoms with Crippen LogP contribution < -0.4 is 16.4 Å². The van der Waals surface area contributed by atoms with Crippen LogP contribution in [0.25, 0.3) is 0 Å². The number of ketones is 1. The van der Waals surface area contributed by atoms with Gasteiger partial charge in [-0.1, -0.05) is 55.0 Å². The third kappa shape index (κ3) is 6.51. The molecule has 3 amide bonds. The standard InChI is InChI=1S/C25H29N3O4/c26-24(31)19-12-7-13-20(19)27-23(30)15-14-22(29)21(16-17-8-3-1-4-9-17)28-25(32)18-10-5-2-6-11-18/h1-6,8-11,19-21H,7,12-16H2,(H2,26,31)(H,27,30)(H,28,32)/t19-,20+,21+/m1/s1. The predicted molar refractivity (Wildman–Crippen MR) is 121 cm³/mol. The van der Waals surface area contributed by atoms with Gasteiger partial charge in [0.25, 0.3) is 5.91 Å². The fourth-order valence-corrected chi connectivity index (χ4v) is 4.09. The average Bonchev–Trinajstić information content (AvgIpc) is 3.26. The lowest BCUT2D eigenvalue weighted by Crippen LogP contribution is -2.44. The number of amides is 3. The van der Waals surface area contributed by atoms with Gasteiger partial charge in [0.2, 0.25) is 11.8 Å². The molecule has 4 N–H and O–H groups in total. The summed E-state index contributed by atoms with van der Waals surface area (Å²) in [6, 6.07) is 17.1. The minimum absolute atomic E-state index is 0.00663. The van der Waals surface area contributed by atoms with Gasteiger partial charge in [-0.05, 0) is 37.0 Å². The first-order valence-corrected chi connectivity index (χ1v) is 10.9. The van der Waals surface area contributed by atoms with Crippen LogP contribution in [0.1, 0.15) is 48.0 Å². The Hall–Kier alpha value is -3.48. The van der Waals surface area contributed by atoms with E-state index in [1.807, 2.05) is 36.4 Å². The van der Waals surface area contributed by atoms with Crippen molar-refractivity contribution in [2.75, 3.05) is 0 Å². The fraction of sp³-hybridized carbons (Fsp3) is 0.360. The Labute approximate surface area is 187 Å². The maximum absolute atomic E-state index is 13.0. The molecule has 0 heterocycles. The van der Waals surface area contributed by atoms with Crippen LogP contribution in [0.2, 0.25) is 0 Å². The molecule has 0 radical (unpaired) electrons. The molecule has 2 aromatic carbocycles. The quantitative estimate of drug-likeness (QED) is 0.530. The second kappa shape index (κ2) is 11.2. The lowest BCUT2D eigenvalue weighted by Gasteiger charge is -2.20. The van der Waals surface area contributed by atoms with Crippen LogP contribution in [0.5, 0.6) is 0 Å². The molecule has 0 saturated heterocycles. The summed E-state index contributed by atoms with van der Waals surface area (Å²) in [7, 11) is 0. The van der Waals surface area contributed by atoms with Crippen molar-refractivity contribution in [3.05, 3.63) is 71.8 Å². The van der Waals surface area contributed by atoms with Crippen molar-refractivity contribution in [2.45, 2.75) is 50.6 Å². The number of nitrogens with two attached hydrogens (primary N) is 1. The molecule has 2 aromatic rings. The summed E-state index contributed by atoms with van der Waals surface area (Å²) in [5, 5.41) is 5.66. The van der Waals surface area contributed by atoms with E-state index < -0.39 is 11.9 Å². The van der Waals surface area contributed by atoms with Crippen LogP contribution in [0.3, 0.4) is 0 Å². The number of carbonyl (C=O) groups is 4. The lowest BCUT2D eigenvalue weighted by molar-refractivity contribution is -0.127. The van der Waals surface area contributed by atoms with E-state index in [-0.39, 0.29) is 42.4 Å². The van der Waals surface area contributed by atoms with E-state index in [9.17, 15) is 19.2 Å². The van der Waals surface area contributed by atoms with Crippen molar-refractivity contribution in [3.8, 4) is 0 Å². The Morgan fingerprint density at radius 3 is 2.22 bits per heavy atom. The molecule has 1 saturated carbocycles. The van der Waals surface area contributed by atoms with E-state index in [2.05, 4.69) is 10.6 Å². The zero-order valence-electron chi connectivity index (χ0n) is 18.0. The Morgan fingerprint density at radius 2 is 1.56 bits per heavy atom. The number of primary amides is 1. The Bertz CT molecular complexity index is 946. The molecule has 7 heteroatoms. The third-order valence-electron chi connectivity index (χ3n) is 5.84. The van der Waals surface area contributed by atoms with Crippen LogP contribution in [0, 0.1) is 5.92 Å². The second-order valence-corrected chi connectivity index (χ2v) is 8.16. The van der Waals surface area contributed by atoms with Crippen molar-refractivity contribution in [1.29, 1.82) is 0 Å². The minimum atomic E-state index is -0.747. The van der Waals surface area contributed by atoms with Gasteiger partial charge in [-0.3, -0.25) is 19.2 Å². The van der Waals surface area contributed by atoms with Crippen molar-refractivity contribution in [2.24, 2.45) is 11.7 Å². The van der Waals surface area contributed by atoms with Crippen molar-refractivity contribution in [3.63, 3.8) is 0 Å². The molecule has 7 nitrogen and oxygen atoms in total. The van der Waals surface area contributed by atoms with Gasteiger partial charge in [0.1, 0.15) is 0 Å². The highest BCUT2D eigenvalue weighted by molar-refractivity contribution is 5.98. The normalized spacial score (nSPS) is 18.5. The maximum atomic E-state index is 13.0. The zero-order chi connectivity index (χ0) is 22.9. The first-order valence-electron chi connectivity index (χ1n) is 10.9. The van der Waals surface area contributed by atoms with Crippen LogP contribution in [0.15, 0.2) is 60.7 Å². The number of Topliss-reactive ketones (excluding diaryl/α,β-unsaturated/α-hetero) is 1. The maximum Gasteiger partial charge on any atom is 0.251 e. The lowest BCUT2D eigenvalue weighted by atomic mass is 9.98. The number of carbonyl (C=O) groups excluding carboxylic acids is 4. The summed E-state index contributed by atoms with van der Waals surface area (Å²) >= 11 is 0. The SMILES string of the molecule is NC(=O)[C@@H]1CCC[C@@H]1NC(=O)CCC(=O)[C@H](Cc1ccccc1)NC(=O)c1ccccc1. The van der Waals surface area contributed by atoms with Crippen LogP contribution in [-0.2, 0) is 20.8 Å². The molecule has 1 fully saturated rings. The van der Waals surface area contributed by atoms with Crippen molar-refractivity contribution >= 4 is 23.5 Å². The molecule has 0 aromatic heterocycles. The average molecular weight is 436 g/mol. The Morgan fingerprint density at radius 1 is 0.906 bits per heavy atom. The topological polar surface area (TPSA) is 118 Å². The summed E-state index contributed by atoms with van der Waals surface area (Å²) in [6.45, 7) is 0. The molecule has 0 spiro atoms. The first kappa shape index (κ1) is 23.2. The van der Waals surface area contributed by atoms with E-state index in [1.54, 1.807) is 24.3 Å². The third-order valence-corrected chi connectivity index (χ3v) is 5.84. The minimum Gasteiger partial charge on any atom is -0.369 e. The fourth-order valence-electron chi connectivity index (χ4n) is 4.09. The van der Waals surface area contributed by atoms with E-state index in [0.29, 0.717) is 24.8 Å². The number of hydrogen-bond acceptors (Lipinski definition) is 4. The molecule has 32 heavy (non-hydrogen) atoms. The molecule has 1 aliphatic carbocycles. The largest absolute Gasteiger partial charge is 0.369 e. The number of rotatable bonds is 10. The van der Waals surface area contributed by atoms with E-state index >= 15 is 0 Å². The zero-order valence-corrected chi connectivity index (χ0v) is 18.0. The number of nitrogens with one attached hydrogen (secondary N) is 2. The second-order valence-electron chi connectivity index (χ2n) is 8.16. The van der Waals surface area contributed by atoms with E-state index in [0.717, 1.165) is 12.0 Å². The van der Waals surface area contributed by atoms with Gasteiger partial charge in [0.05, 0.1) is 12.0 Å². The summed E-state index contributed by atoms with van der Waals surface area (Å²) in [5.74, 6) is -1.60. The van der Waals surface area contributed by atoms with E-state index in [1.165, 1.54) is 0 Å². The summed E-state index contributed by atoms with van der Waals surface area (Å²) < 4.78 is 0. The summed E-state index contributed by atoms with van der Waals surface area (Å²) in [6.07, 6.45) is 2.54. The van der Waals surface area contributed by atoms with Crippen LogP contribution in [-0.4, -0.2) is 35.6 Å². The van der Waals surface area contributed by atoms with Gasteiger partial charge in [0, 0.05) is 24.4 Å². The van der Waals surface area contributed by atoms with E-state index in [4.69, 9.17) is 5.73 Å². The monoisotopic (exact) mass is 435 g/mol. The Kier molecular flexibility index (Phi) is 8.14. The van der Waals surface area contributed by atoms with Gasteiger partial charge in [-0.15, -0.1) is 0 Å². The molecular formula is C25H29N3O4. The molecule has 3 atom stereocenters. The van der Waals surface area contributed by atoms with Crippen LogP contribution in [0.4, 0.5) is 0 Å². The van der Waals surface area contributed by atoms with Crippen molar-refractivity contribution < 1.29 is 19.2 Å². The predicted octanol–water partition coefficient (Wildman–Crippen LogP) is 2.15. The highest BCUT2D eigenvalue weighted by Crippen LogP contribution is 2.25. The molecule has 168 valence electrons. The van der Waals surface area contributed by atoms with Gasteiger partial charge in [-0.2, -0.15) is 0 Å². The van der Waals surface area contributed by atoms with Crippen LogP contribution >= 0.6 is 0 Å². The molecule has 0 bridgehead atoms. The summed E-state index contributed by atoms with van der Waals surface area (Å²) in [4.78, 5) is 49.5.